The van der Waals surface area contributed by atoms with Crippen molar-refractivity contribution in [2.24, 2.45) is 0 Å². The van der Waals surface area contributed by atoms with Crippen molar-refractivity contribution in [1.82, 2.24) is 9.97 Å². The van der Waals surface area contributed by atoms with Gasteiger partial charge in [0.15, 0.2) is 0 Å². The average Bonchev–Trinajstić information content (AvgIpc) is 2.42. The molecule has 0 aliphatic rings. The number of amides is 1. The normalized spacial score (nSPS) is 10.0. The van der Waals surface area contributed by atoms with Crippen molar-refractivity contribution < 1.29 is 4.79 Å². The smallest absolute Gasteiger partial charge is 0.275 e. The third-order valence-corrected chi connectivity index (χ3v) is 2.57. The van der Waals surface area contributed by atoms with Crippen LogP contribution >= 0.6 is 11.6 Å². The number of nitrogens with zero attached hydrogens (tertiary/aromatic N) is 2. The highest BCUT2D eigenvalue weighted by Crippen LogP contribution is 2.11. The molecule has 0 aromatic carbocycles. The van der Waals surface area contributed by atoms with Gasteiger partial charge < -0.3 is 10.6 Å². The van der Waals surface area contributed by atoms with Crippen molar-refractivity contribution in [3.8, 4) is 0 Å². The van der Waals surface area contributed by atoms with Crippen molar-refractivity contribution in [3.05, 3.63) is 47.4 Å². The van der Waals surface area contributed by atoms with E-state index in [4.69, 9.17) is 11.6 Å². The molecule has 0 bridgehead atoms. The van der Waals surface area contributed by atoms with Crippen LogP contribution in [0.5, 0.6) is 0 Å². The van der Waals surface area contributed by atoms with Gasteiger partial charge in [-0.1, -0.05) is 11.6 Å². The lowest BCUT2D eigenvalue weighted by molar-refractivity contribution is 0.102. The second-order valence-corrected chi connectivity index (χ2v) is 4.21. The summed E-state index contributed by atoms with van der Waals surface area (Å²) in [6.45, 7) is 2.80. The quantitative estimate of drug-likeness (QED) is 0.901. The highest BCUT2D eigenvalue weighted by molar-refractivity contribution is 6.30. The molecule has 0 spiro atoms. The van der Waals surface area contributed by atoms with Gasteiger partial charge in [-0.15, -0.1) is 0 Å². The largest absolute Gasteiger partial charge is 0.384 e. The van der Waals surface area contributed by atoms with Crippen LogP contribution in [0.4, 0.5) is 11.5 Å². The van der Waals surface area contributed by atoms with Gasteiger partial charge in [-0.05, 0) is 31.2 Å². The van der Waals surface area contributed by atoms with Gasteiger partial charge in [0.05, 0.1) is 16.9 Å². The molecular formula is C13H13ClN4O. The molecule has 6 heteroatoms. The van der Waals surface area contributed by atoms with E-state index in [9.17, 15) is 4.79 Å². The fourth-order valence-corrected chi connectivity index (χ4v) is 1.58. The molecule has 2 N–H and O–H groups in total. The van der Waals surface area contributed by atoms with E-state index in [1.165, 1.54) is 6.20 Å². The standard InChI is InChI=1S/C13H13ClN4O/c1-2-15-10-4-5-11(16-8-10)13(19)18-12-6-3-9(14)7-17-12/h3-8,15H,2H2,1H3,(H,17,18,19). The monoisotopic (exact) mass is 276 g/mol. The highest BCUT2D eigenvalue weighted by atomic mass is 35.5. The maximum absolute atomic E-state index is 11.9. The molecule has 2 aromatic rings. The van der Waals surface area contributed by atoms with Gasteiger partial charge in [-0.3, -0.25) is 4.79 Å². The molecule has 2 heterocycles. The van der Waals surface area contributed by atoms with Crippen LogP contribution in [0.2, 0.25) is 5.02 Å². The summed E-state index contributed by atoms with van der Waals surface area (Å²) in [4.78, 5) is 20.0. The highest BCUT2D eigenvalue weighted by Gasteiger charge is 2.08. The van der Waals surface area contributed by atoms with Crippen LogP contribution in [-0.4, -0.2) is 22.4 Å². The fraction of sp³-hybridized carbons (Fsp3) is 0.154. The lowest BCUT2D eigenvalue weighted by Crippen LogP contribution is -2.14. The zero-order valence-corrected chi connectivity index (χ0v) is 11.1. The molecule has 0 saturated carbocycles. The van der Waals surface area contributed by atoms with Gasteiger partial charge in [0.25, 0.3) is 5.91 Å². The van der Waals surface area contributed by atoms with Crippen LogP contribution in [0.15, 0.2) is 36.7 Å². The molecule has 2 rings (SSSR count). The third kappa shape index (κ3) is 3.66. The van der Waals surface area contributed by atoms with Gasteiger partial charge in [0.2, 0.25) is 0 Å². The summed E-state index contributed by atoms with van der Waals surface area (Å²) in [5, 5.41) is 6.27. The molecule has 1 amide bonds. The van der Waals surface area contributed by atoms with E-state index in [2.05, 4.69) is 20.6 Å². The molecule has 0 atom stereocenters. The summed E-state index contributed by atoms with van der Waals surface area (Å²) in [6, 6.07) is 6.75. The van der Waals surface area contributed by atoms with Crippen LogP contribution in [0.3, 0.4) is 0 Å². The van der Waals surface area contributed by atoms with Gasteiger partial charge >= 0.3 is 0 Å². The van der Waals surface area contributed by atoms with Crippen LogP contribution < -0.4 is 10.6 Å². The van der Waals surface area contributed by atoms with Crippen LogP contribution in [0.1, 0.15) is 17.4 Å². The minimum absolute atomic E-state index is 0.308. The van der Waals surface area contributed by atoms with Gasteiger partial charge in [-0.2, -0.15) is 0 Å². The lowest BCUT2D eigenvalue weighted by Gasteiger charge is -2.05. The summed E-state index contributed by atoms with van der Waals surface area (Å²) < 4.78 is 0. The molecular weight excluding hydrogens is 264 g/mol. The first-order valence-corrected chi connectivity index (χ1v) is 6.19. The summed E-state index contributed by atoms with van der Waals surface area (Å²) in [6.07, 6.45) is 3.09. The minimum Gasteiger partial charge on any atom is -0.384 e. The zero-order chi connectivity index (χ0) is 13.7. The fourth-order valence-electron chi connectivity index (χ4n) is 1.47. The molecule has 5 nitrogen and oxygen atoms in total. The maximum atomic E-state index is 11.9. The summed E-state index contributed by atoms with van der Waals surface area (Å²) in [5.74, 6) is 0.129. The van der Waals surface area contributed by atoms with Crippen molar-refractivity contribution in [2.45, 2.75) is 6.92 Å². The van der Waals surface area contributed by atoms with Crippen molar-refractivity contribution in [3.63, 3.8) is 0 Å². The Morgan fingerprint density at radius 2 is 2.05 bits per heavy atom. The Kier molecular flexibility index (Phi) is 4.30. The number of carbonyl (C=O) groups excluding carboxylic acids is 1. The topological polar surface area (TPSA) is 66.9 Å². The molecule has 0 aliphatic heterocycles. The second-order valence-electron chi connectivity index (χ2n) is 3.78. The molecule has 0 aliphatic carbocycles. The first-order valence-electron chi connectivity index (χ1n) is 5.82. The Morgan fingerprint density at radius 3 is 2.63 bits per heavy atom. The number of hydrogen-bond acceptors (Lipinski definition) is 4. The number of nitrogens with one attached hydrogen (secondary N) is 2. The molecule has 0 saturated heterocycles. The summed E-state index contributed by atoms with van der Waals surface area (Å²) in [5.41, 5.74) is 1.21. The van der Waals surface area contributed by atoms with Gasteiger partial charge in [-0.25, -0.2) is 9.97 Å². The first kappa shape index (κ1) is 13.3. The van der Waals surface area contributed by atoms with E-state index in [1.54, 1.807) is 30.5 Å². The molecule has 2 aromatic heterocycles. The van der Waals surface area contributed by atoms with Gasteiger partial charge in [0.1, 0.15) is 11.5 Å². The van der Waals surface area contributed by atoms with E-state index in [1.807, 2.05) is 6.92 Å². The SMILES string of the molecule is CCNc1ccc(C(=O)Nc2ccc(Cl)cn2)nc1. The zero-order valence-electron chi connectivity index (χ0n) is 10.4. The number of carbonyl (C=O) groups is 1. The Morgan fingerprint density at radius 1 is 1.21 bits per heavy atom. The lowest BCUT2D eigenvalue weighted by atomic mass is 10.3. The molecule has 0 fully saturated rings. The minimum atomic E-state index is -0.308. The van der Waals surface area contributed by atoms with E-state index in [0.29, 0.717) is 16.5 Å². The third-order valence-electron chi connectivity index (χ3n) is 2.35. The number of hydrogen-bond donors (Lipinski definition) is 2. The maximum Gasteiger partial charge on any atom is 0.275 e. The van der Waals surface area contributed by atoms with Crippen molar-refractivity contribution in [1.29, 1.82) is 0 Å². The summed E-state index contributed by atoms with van der Waals surface area (Å²) in [7, 11) is 0. The number of pyridine rings is 2. The van der Waals surface area contributed by atoms with Gasteiger partial charge in [0, 0.05) is 12.7 Å². The Bertz CT molecular complexity index is 554. The number of anilines is 2. The Balaban J connectivity index is 2.05. The predicted octanol–water partition coefficient (Wildman–Crippen LogP) is 2.81. The van der Waals surface area contributed by atoms with E-state index in [-0.39, 0.29) is 5.91 Å². The number of aromatic nitrogens is 2. The summed E-state index contributed by atoms with van der Waals surface area (Å²) >= 11 is 5.72. The molecule has 0 radical (unpaired) electrons. The van der Waals surface area contributed by atoms with Crippen LogP contribution in [0.25, 0.3) is 0 Å². The van der Waals surface area contributed by atoms with Crippen molar-refractivity contribution in [2.75, 3.05) is 17.2 Å². The number of halogens is 1. The van der Waals surface area contributed by atoms with E-state index >= 15 is 0 Å². The molecule has 19 heavy (non-hydrogen) atoms. The van der Waals surface area contributed by atoms with E-state index in [0.717, 1.165) is 12.2 Å². The average molecular weight is 277 g/mol. The Labute approximate surface area is 116 Å². The van der Waals surface area contributed by atoms with Crippen LogP contribution in [-0.2, 0) is 0 Å². The Hall–Kier alpha value is -2.14. The van der Waals surface area contributed by atoms with Crippen LogP contribution in [0, 0.1) is 0 Å². The van der Waals surface area contributed by atoms with E-state index < -0.39 is 0 Å². The molecule has 0 unspecified atom stereocenters. The second kappa shape index (κ2) is 6.15. The number of rotatable bonds is 4. The predicted molar refractivity (Wildman–Crippen MR) is 75.6 cm³/mol. The van der Waals surface area contributed by atoms with Crippen molar-refractivity contribution >= 4 is 29.0 Å². The molecule has 98 valence electrons. The first-order chi connectivity index (χ1) is 9.19.